The van der Waals surface area contributed by atoms with Crippen LogP contribution in [0, 0.1) is 0 Å². The predicted molar refractivity (Wildman–Crippen MR) is 95.9 cm³/mol. The molecule has 1 amide bonds. The highest BCUT2D eigenvalue weighted by atomic mass is 16.6. The van der Waals surface area contributed by atoms with Crippen molar-refractivity contribution in [3.63, 3.8) is 0 Å². The minimum atomic E-state index is -2.21. The number of hydrogen-bond acceptors (Lipinski definition) is 9. The molecule has 1 aromatic rings. The Morgan fingerprint density at radius 2 is 1.57 bits per heavy atom. The molecule has 1 unspecified atom stereocenters. The molecule has 0 saturated carbocycles. The van der Waals surface area contributed by atoms with Gasteiger partial charge in [0.1, 0.15) is 29.7 Å². The van der Waals surface area contributed by atoms with E-state index in [1.807, 2.05) is 0 Å². The molecule has 10 nitrogen and oxygen atoms in total. The van der Waals surface area contributed by atoms with E-state index in [9.17, 15) is 35.1 Å². The number of carbonyl (C=O) groups excluding carboxylic acids is 2. The molecule has 0 aliphatic rings. The number of carbonyl (C=O) groups is 2. The summed E-state index contributed by atoms with van der Waals surface area (Å²) < 4.78 is 5.25. The molecule has 7 N–H and O–H groups in total. The summed E-state index contributed by atoms with van der Waals surface area (Å²) in [5, 5.41) is 59.1. The molecule has 158 valence electrons. The zero-order valence-electron chi connectivity index (χ0n) is 15.8. The largest absolute Gasteiger partial charge is 0.508 e. The number of benzene rings is 1. The summed E-state index contributed by atoms with van der Waals surface area (Å²) in [6.45, 7) is 3.95. The van der Waals surface area contributed by atoms with Gasteiger partial charge in [-0.25, -0.2) is 4.79 Å². The van der Waals surface area contributed by atoms with Crippen molar-refractivity contribution < 1.29 is 45.0 Å². The zero-order valence-corrected chi connectivity index (χ0v) is 15.8. The minimum absolute atomic E-state index is 0.0745. The van der Waals surface area contributed by atoms with Crippen LogP contribution in [0.1, 0.15) is 32.4 Å². The highest BCUT2D eigenvalue weighted by Crippen LogP contribution is 2.21. The first-order chi connectivity index (χ1) is 12.9. The van der Waals surface area contributed by atoms with Gasteiger partial charge in [0.05, 0.1) is 6.61 Å². The van der Waals surface area contributed by atoms with Gasteiger partial charge in [0.2, 0.25) is 0 Å². The summed E-state index contributed by atoms with van der Waals surface area (Å²) in [6.07, 6.45) is -8.12. The monoisotopic (exact) mass is 401 g/mol. The van der Waals surface area contributed by atoms with Crippen molar-refractivity contribution in [2.24, 2.45) is 0 Å². The van der Waals surface area contributed by atoms with Crippen LogP contribution in [0.5, 0.6) is 5.75 Å². The van der Waals surface area contributed by atoms with E-state index in [0.717, 1.165) is 0 Å². The topological polar surface area (TPSA) is 177 Å². The summed E-state index contributed by atoms with van der Waals surface area (Å²) in [6, 6.07) is 3.90. The van der Waals surface area contributed by atoms with Crippen molar-refractivity contribution >= 4 is 11.9 Å². The Balaban J connectivity index is 3.03. The van der Waals surface area contributed by atoms with E-state index < -0.39 is 54.5 Å². The van der Waals surface area contributed by atoms with E-state index >= 15 is 0 Å². The van der Waals surface area contributed by atoms with E-state index in [1.165, 1.54) is 24.3 Å². The second-order valence-electron chi connectivity index (χ2n) is 7.24. The standard InChI is InChI=1S/C18H27NO9/c1-18(2,3)28-17(27)12(9-4-6-10(21)7-5-9)19-16(26)15(25)14(24)13(23)11(22)8-20/h4-7,11-15,20-25H,8H2,1-3H3,(H,19,26)/t11-,12?,13-,14+,15-/m1/s1. The number of amides is 1. The van der Waals surface area contributed by atoms with Crippen molar-refractivity contribution in [1.29, 1.82) is 0 Å². The van der Waals surface area contributed by atoms with E-state index in [2.05, 4.69) is 5.32 Å². The molecular weight excluding hydrogens is 374 g/mol. The van der Waals surface area contributed by atoms with Crippen LogP contribution < -0.4 is 5.32 Å². The highest BCUT2D eigenvalue weighted by molar-refractivity contribution is 5.88. The molecule has 0 spiro atoms. The number of phenolic OH excluding ortho intramolecular Hbond substituents is 1. The lowest BCUT2D eigenvalue weighted by Gasteiger charge is -2.28. The first-order valence-electron chi connectivity index (χ1n) is 8.52. The van der Waals surface area contributed by atoms with E-state index in [-0.39, 0.29) is 11.3 Å². The van der Waals surface area contributed by atoms with Crippen LogP contribution in [-0.4, -0.2) is 79.1 Å². The Bertz CT molecular complexity index is 656. The van der Waals surface area contributed by atoms with Crippen LogP contribution in [0.4, 0.5) is 0 Å². The maximum Gasteiger partial charge on any atom is 0.333 e. The average Bonchev–Trinajstić information content (AvgIpc) is 2.62. The van der Waals surface area contributed by atoms with Crippen molar-refractivity contribution in [2.75, 3.05) is 6.61 Å². The fraction of sp³-hybridized carbons (Fsp3) is 0.556. The summed E-state index contributed by atoms with van der Waals surface area (Å²) in [7, 11) is 0. The Morgan fingerprint density at radius 3 is 2.04 bits per heavy atom. The summed E-state index contributed by atoms with van der Waals surface area (Å²) >= 11 is 0. The minimum Gasteiger partial charge on any atom is -0.508 e. The van der Waals surface area contributed by atoms with Crippen molar-refractivity contribution in [1.82, 2.24) is 5.32 Å². The van der Waals surface area contributed by atoms with E-state index in [4.69, 9.17) is 9.84 Å². The Morgan fingerprint density at radius 1 is 1.04 bits per heavy atom. The molecule has 0 aliphatic carbocycles. The maximum absolute atomic E-state index is 12.5. The molecule has 0 aliphatic heterocycles. The van der Waals surface area contributed by atoms with E-state index in [0.29, 0.717) is 0 Å². The van der Waals surface area contributed by atoms with Gasteiger partial charge in [-0.2, -0.15) is 0 Å². The van der Waals surface area contributed by atoms with Crippen molar-refractivity contribution in [3.8, 4) is 5.75 Å². The van der Waals surface area contributed by atoms with Gasteiger partial charge in [-0.05, 0) is 38.5 Å². The Labute approximate surface area is 162 Å². The Kier molecular flexibility index (Phi) is 8.33. The zero-order chi connectivity index (χ0) is 21.6. The van der Waals surface area contributed by atoms with Crippen LogP contribution >= 0.6 is 0 Å². The van der Waals surface area contributed by atoms with Crippen LogP contribution in [0.2, 0.25) is 0 Å². The number of aliphatic hydroxyl groups is 5. The quantitative estimate of drug-likeness (QED) is 0.251. The SMILES string of the molecule is CC(C)(C)OC(=O)C(NC(=O)[C@H](O)[C@@H](O)[C@H](O)[C@H](O)CO)c1ccc(O)cc1. The fourth-order valence-corrected chi connectivity index (χ4v) is 2.21. The molecule has 0 fully saturated rings. The highest BCUT2D eigenvalue weighted by Gasteiger charge is 2.37. The second kappa shape index (κ2) is 9.80. The summed E-state index contributed by atoms with van der Waals surface area (Å²) in [4.78, 5) is 24.8. The predicted octanol–water partition coefficient (Wildman–Crippen LogP) is -1.67. The number of ether oxygens (including phenoxy) is 1. The lowest BCUT2D eigenvalue weighted by Crippen LogP contribution is -2.53. The number of aromatic hydroxyl groups is 1. The van der Waals surface area contributed by atoms with Crippen LogP contribution in [0.25, 0.3) is 0 Å². The van der Waals surface area contributed by atoms with Gasteiger partial charge in [0.25, 0.3) is 5.91 Å². The Hall–Kier alpha value is -2.24. The van der Waals surface area contributed by atoms with Gasteiger partial charge in [0, 0.05) is 0 Å². The van der Waals surface area contributed by atoms with Gasteiger partial charge < -0.3 is 40.7 Å². The number of aliphatic hydroxyl groups excluding tert-OH is 5. The van der Waals surface area contributed by atoms with Gasteiger partial charge in [0.15, 0.2) is 12.1 Å². The van der Waals surface area contributed by atoms with Crippen molar-refractivity contribution in [2.45, 2.75) is 56.8 Å². The smallest absolute Gasteiger partial charge is 0.333 e. The molecule has 0 heterocycles. The molecule has 5 atom stereocenters. The molecular formula is C18H27NO9. The van der Waals surface area contributed by atoms with Gasteiger partial charge in [-0.15, -0.1) is 0 Å². The van der Waals surface area contributed by atoms with Crippen LogP contribution in [0.3, 0.4) is 0 Å². The average molecular weight is 401 g/mol. The van der Waals surface area contributed by atoms with Gasteiger partial charge >= 0.3 is 5.97 Å². The van der Waals surface area contributed by atoms with Gasteiger partial charge in [-0.1, -0.05) is 12.1 Å². The number of rotatable bonds is 8. The summed E-state index contributed by atoms with van der Waals surface area (Å²) in [5.41, 5.74) is -0.644. The fourth-order valence-electron chi connectivity index (χ4n) is 2.21. The second-order valence-corrected chi connectivity index (χ2v) is 7.24. The third-order valence-electron chi connectivity index (χ3n) is 3.68. The summed E-state index contributed by atoms with van der Waals surface area (Å²) in [5.74, 6) is -2.15. The number of nitrogens with one attached hydrogen (secondary N) is 1. The first kappa shape index (κ1) is 23.8. The molecule has 10 heteroatoms. The number of phenols is 1. The molecule has 28 heavy (non-hydrogen) atoms. The normalized spacial score (nSPS) is 17.1. The lowest BCUT2D eigenvalue weighted by atomic mass is 10.0. The number of esters is 1. The molecule has 0 aromatic heterocycles. The van der Waals surface area contributed by atoms with Crippen LogP contribution in [0.15, 0.2) is 24.3 Å². The van der Waals surface area contributed by atoms with E-state index in [1.54, 1.807) is 20.8 Å². The van der Waals surface area contributed by atoms with Crippen LogP contribution in [-0.2, 0) is 14.3 Å². The third kappa shape index (κ3) is 6.73. The van der Waals surface area contributed by atoms with Crippen molar-refractivity contribution in [3.05, 3.63) is 29.8 Å². The molecule has 0 radical (unpaired) electrons. The van der Waals surface area contributed by atoms with Gasteiger partial charge in [-0.3, -0.25) is 4.79 Å². The molecule has 0 bridgehead atoms. The lowest BCUT2D eigenvalue weighted by molar-refractivity contribution is -0.162. The maximum atomic E-state index is 12.5. The third-order valence-corrected chi connectivity index (χ3v) is 3.68. The first-order valence-corrected chi connectivity index (χ1v) is 8.52. The molecule has 1 rings (SSSR count). The molecule has 1 aromatic carbocycles. The molecule has 0 saturated heterocycles. The number of hydrogen-bond donors (Lipinski definition) is 7.